The molecule has 0 unspecified atom stereocenters. The van der Waals surface area contributed by atoms with Crippen LogP contribution in [0.5, 0.6) is 0 Å². The quantitative estimate of drug-likeness (QED) is 0.712. The lowest BCUT2D eigenvalue weighted by atomic mass is 9.96. The van der Waals surface area contributed by atoms with E-state index in [4.69, 9.17) is 0 Å². The van der Waals surface area contributed by atoms with Crippen molar-refractivity contribution in [2.24, 2.45) is 5.92 Å². The minimum absolute atomic E-state index is 0.0161. The van der Waals surface area contributed by atoms with Gasteiger partial charge < -0.3 is 20.6 Å². The van der Waals surface area contributed by atoms with Crippen molar-refractivity contribution in [2.45, 2.75) is 51.0 Å². The summed E-state index contributed by atoms with van der Waals surface area (Å²) in [5.41, 5.74) is 0.0761. The Kier molecular flexibility index (Phi) is 6.29. The Morgan fingerprint density at radius 2 is 1.73 bits per heavy atom. The molecule has 1 aromatic rings. The lowest BCUT2D eigenvalue weighted by Gasteiger charge is -2.25. The molecule has 1 aliphatic carbocycles. The maximum Gasteiger partial charge on any atom is 0.319 e. The smallest absolute Gasteiger partial charge is 0.319 e. The summed E-state index contributed by atoms with van der Waals surface area (Å²) in [5.74, 6) is -1.30. The Balaban J connectivity index is 1.65. The number of amides is 2. The summed E-state index contributed by atoms with van der Waals surface area (Å²) < 4.78 is 28.7. The molecule has 1 aromatic carbocycles. The lowest BCUT2D eigenvalue weighted by Crippen LogP contribution is -2.43. The molecule has 5 nitrogen and oxygen atoms in total. The number of anilines is 2. The summed E-state index contributed by atoms with van der Waals surface area (Å²) in [7, 11) is 0. The van der Waals surface area contributed by atoms with Crippen molar-refractivity contribution in [2.75, 3.05) is 29.9 Å². The van der Waals surface area contributed by atoms with Gasteiger partial charge in [0, 0.05) is 37.3 Å². The second kappa shape index (κ2) is 8.66. The minimum Gasteiger partial charge on any atom is -0.396 e. The number of carbonyl (C=O) groups is 1. The van der Waals surface area contributed by atoms with Crippen LogP contribution in [-0.4, -0.2) is 36.9 Å². The first-order valence-electron chi connectivity index (χ1n) is 9.51. The summed E-state index contributed by atoms with van der Waals surface area (Å²) in [6.45, 7) is 1.31. The number of carbonyl (C=O) groups excluding carboxylic acids is 1. The molecule has 26 heavy (non-hydrogen) atoms. The molecule has 2 fully saturated rings. The molecule has 0 bridgehead atoms. The van der Waals surface area contributed by atoms with Gasteiger partial charge in [0.05, 0.1) is 0 Å². The molecule has 1 saturated carbocycles. The van der Waals surface area contributed by atoms with Gasteiger partial charge in [-0.15, -0.1) is 0 Å². The zero-order valence-corrected chi connectivity index (χ0v) is 14.9. The Morgan fingerprint density at radius 1 is 1.08 bits per heavy atom. The first kappa shape index (κ1) is 18.9. The third-order valence-electron chi connectivity index (χ3n) is 5.41. The van der Waals surface area contributed by atoms with Gasteiger partial charge in [-0.25, -0.2) is 13.6 Å². The van der Waals surface area contributed by atoms with Gasteiger partial charge in [0.1, 0.15) is 5.69 Å². The summed E-state index contributed by atoms with van der Waals surface area (Å²) in [6.07, 6.45) is 6.65. The Hall–Kier alpha value is -1.89. The maximum absolute atomic E-state index is 14.4. The molecule has 2 aliphatic rings. The molecule has 1 saturated heterocycles. The third kappa shape index (κ3) is 4.44. The lowest BCUT2D eigenvalue weighted by molar-refractivity contribution is 0.182. The number of aliphatic hydroxyl groups is 1. The van der Waals surface area contributed by atoms with Crippen LogP contribution in [0, 0.1) is 17.6 Å². The van der Waals surface area contributed by atoms with Crippen molar-refractivity contribution < 1.29 is 18.7 Å². The number of hydrogen-bond donors (Lipinski definition) is 3. The van der Waals surface area contributed by atoms with Gasteiger partial charge in [0.15, 0.2) is 11.6 Å². The predicted molar refractivity (Wildman–Crippen MR) is 97.4 cm³/mol. The van der Waals surface area contributed by atoms with Crippen LogP contribution in [0.1, 0.15) is 44.9 Å². The van der Waals surface area contributed by atoms with Crippen molar-refractivity contribution in [3.8, 4) is 0 Å². The number of nitrogens with zero attached hydrogens (tertiary/aromatic N) is 1. The van der Waals surface area contributed by atoms with Crippen LogP contribution in [0.4, 0.5) is 25.0 Å². The van der Waals surface area contributed by atoms with E-state index >= 15 is 0 Å². The second-order valence-corrected chi connectivity index (χ2v) is 7.27. The van der Waals surface area contributed by atoms with Crippen LogP contribution in [0.2, 0.25) is 0 Å². The van der Waals surface area contributed by atoms with E-state index in [9.17, 15) is 18.7 Å². The van der Waals surface area contributed by atoms with E-state index in [0.717, 1.165) is 57.1 Å². The van der Waals surface area contributed by atoms with Crippen molar-refractivity contribution in [3.63, 3.8) is 0 Å². The normalized spacial score (nSPS) is 23.6. The van der Waals surface area contributed by atoms with E-state index in [0.29, 0.717) is 13.1 Å². The van der Waals surface area contributed by atoms with Crippen molar-refractivity contribution in [3.05, 3.63) is 23.8 Å². The number of hydrogen-bond acceptors (Lipinski definition) is 3. The average molecular weight is 367 g/mol. The van der Waals surface area contributed by atoms with E-state index in [1.807, 2.05) is 0 Å². The SMILES string of the molecule is O=C(Nc1cc(F)c(N2CCCC2)c(F)c1)N[C@@H]1CCCCC[C@@H]1CO. The van der Waals surface area contributed by atoms with E-state index in [-0.39, 0.29) is 29.9 Å². The Bertz CT molecular complexity index is 612. The molecule has 0 radical (unpaired) electrons. The summed E-state index contributed by atoms with van der Waals surface area (Å²) in [5, 5.41) is 14.9. The van der Waals surface area contributed by atoms with Gasteiger partial charge in [-0.05, 0) is 37.8 Å². The molecule has 2 atom stereocenters. The van der Waals surface area contributed by atoms with Gasteiger partial charge in [-0.1, -0.05) is 19.3 Å². The number of urea groups is 1. The maximum atomic E-state index is 14.4. The fraction of sp³-hybridized carbons (Fsp3) is 0.632. The van der Waals surface area contributed by atoms with Crippen molar-refractivity contribution in [1.82, 2.24) is 5.32 Å². The number of nitrogens with one attached hydrogen (secondary N) is 2. The second-order valence-electron chi connectivity index (χ2n) is 7.27. The standard InChI is InChI=1S/C19H27F2N3O2/c20-15-10-14(11-16(21)18(15)24-8-4-5-9-24)22-19(26)23-17-7-3-1-2-6-13(17)12-25/h10-11,13,17,25H,1-9,12H2,(H2,22,23,26)/t13-,17-/m1/s1. The predicted octanol–water partition coefficient (Wildman–Crippen LogP) is 3.63. The molecular formula is C19H27F2N3O2. The molecule has 3 N–H and O–H groups in total. The number of benzene rings is 1. The molecule has 3 rings (SSSR count). The van der Waals surface area contributed by atoms with Gasteiger partial charge in [-0.3, -0.25) is 0 Å². The molecule has 7 heteroatoms. The summed E-state index contributed by atoms with van der Waals surface area (Å²) in [6, 6.07) is 1.70. The fourth-order valence-electron chi connectivity index (χ4n) is 4.01. The van der Waals surface area contributed by atoms with Crippen LogP contribution in [0.15, 0.2) is 12.1 Å². The molecular weight excluding hydrogens is 340 g/mol. The molecule has 1 aliphatic heterocycles. The van der Waals surface area contributed by atoms with E-state index < -0.39 is 17.7 Å². The molecule has 0 spiro atoms. The highest BCUT2D eigenvalue weighted by atomic mass is 19.1. The van der Waals surface area contributed by atoms with Gasteiger partial charge in [-0.2, -0.15) is 0 Å². The summed E-state index contributed by atoms with van der Waals surface area (Å²) in [4.78, 5) is 14.0. The van der Waals surface area contributed by atoms with Crippen molar-refractivity contribution >= 4 is 17.4 Å². The zero-order chi connectivity index (χ0) is 18.5. The first-order valence-corrected chi connectivity index (χ1v) is 9.51. The largest absolute Gasteiger partial charge is 0.396 e. The zero-order valence-electron chi connectivity index (χ0n) is 14.9. The fourth-order valence-corrected chi connectivity index (χ4v) is 4.01. The van der Waals surface area contributed by atoms with E-state index in [1.165, 1.54) is 0 Å². The van der Waals surface area contributed by atoms with E-state index in [1.54, 1.807) is 4.90 Å². The average Bonchev–Trinajstić information content (AvgIpc) is 3.01. The number of halogens is 2. The molecule has 0 aromatic heterocycles. The van der Waals surface area contributed by atoms with Crippen molar-refractivity contribution in [1.29, 1.82) is 0 Å². The number of rotatable bonds is 4. The molecule has 144 valence electrons. The third-order valence-corrected chi connectivity index (χ3v) is 5.41. The van der Waals surface area contributed by atoms with Crippen LogP contribution < -0.4 is 15.5 Å². The van der Waals surface area contributed by atoms with Crippen LogP contribution in [-0.2, 0) is 0 Å². The van der Waals surface area contributed by atoms with Gasteiger partial charge in [0.25, 0.3) is 0 Å². The Morgan fingerprint density at radius 3 is 2.38 bits per heavy atom. The van der Waals surface area contributed by atoms with Crippen LogP contribution >= 0.6 is 0 Å². The summed E-state index contributed by atoms with van der Waals surface area (Å²) >= 11 is 0. The first-order chi connectivity index (χ1) is 12.6. The van der Waals surface area contributed by atoms with Gasteiger partial charge >= 0.3 is 6.03 Å². The highest BCUT2D eigenvalue weighted by molar-refractivity contribution is 5.89. The highest BCUT2D eigenvalue weighted by Gasteiger charge is 2.25. The van der Waals surface area contributed by atoms with Crippen LogP contribution in [0.25, 0.3) is 0 Å². The Labute approximate surface area is 152 Å². The molecule has 1 heterocycles. The topological polar surface area (TPSA) is 64.6 Å². The van der Waals surface area contributed by atoms with Gasteiger partial charge in [0.2, 0.25) is 0 Å². The highest BCUT2D eigenvalue weighted by Crippen LogP contribution is 2.30. The number of aliphatic hydroxyl groups excluding tert-OH is 1. The minimum atomic E-state index is -0.662. The molecule has 2 amide bonds. The van der Waals surface area contributed by atoms with Crippen LogP contribution in [0.3, 0.4) is 0 Å². The monoisotopic (exact) mass is 367 g/mol. The van der Waals surface area contributed by atoms with E-state index in [2.05, 4.69) is 10.6 Å².